The highest BCUT2D eigenvalue weighted by molar-refractivity contribution is 5.31. The van der Waals surface area contributed by atoms with Gasteiger partial charge in [0.05, 0.1) is 6.10 Å². The van der Waals surface area contributed by atoms with E-state index in [4.69, 9.17) is 0 Å². The molecule has 5 aliphatic rings. The molecule has 0 radical (unpaired) electrons. The second kappa shape index (κ2) is 6.01. The Hall–Kier alpha value is -0.120. The minimum Gasteiger partial charge on any atom is -0.393 e. The number of aliphatic hydroxyl groups is 1. The number of rotatable bonds is 3. The van der Waals surface area contributed by atoms with Crippen LogP contribution in [-0.2, 0) is 0 Å². The summed E-state index contributed by atoms with van der Waals surface area (Å²) in [7, 11) is 4.25. The maximum absolute atomic E-state index is 11.3. The Morgan fingerprint density at radius 1 is 0.862 bits per heavy atom. The molecule has 0 heterocycles. The Morgan fingerprint density at radius 3 is 2.17 bits per heavy atom. The molecule has 5 saturated carbocycles. The second-order valence-corrected chi connectivity index (χ2v) is 13.1. The molecule has 5 rings (SSSR count). The van der Waals surface area contributed by atoms with E-state index in [9.17, 15) is 5.11 Å². The van der Waals surface area contributed by atoms with Crippen LogP contribution in [0.3, 0.4) is 0 Å². The molecule has 166 valence electrons. The highest BCUT2D eigenvalue weighted by Crippen LogP contribution is 2.88. The zero-order valence-electron chi connectivity index (χ0n) is 20.1. The van der Waals surface area contributed by atoms with Gasteiger partial charge in [0.25, 0.3) is 0 Å². The van der Waals surface area contributed by atoms with E-state index in [-0.39, 0.29) is 11.5 Å². The normalized spacial score (nSPS) is 58.6. The van der Waals surface area contributed by atoms with Gasteiger partial charge in [-0.15, -0.1) is 0 Å². The van der Waals surface area contributed by atoms with Gasteiger partial charge in [-0.25, -0.2) is 0 Å². The molecule has 3 nitrogen and oxygen atoms in total. The largest absolute Gasteiger partial charge is 0.393 e. The van der Waals surface area contributed by atoms with Crippen LogP contribution >= 0.6 is 0 Å². The molecule has 5 fully saturated rings. The first-order valence-electron chi connectivity index (χ1n) is 12.6. The Morgan fingerprint density at radius 2 is 1.52 bits per heavy atom. The van der Waals surface area contributed by atoms with E-state index in [1.165, 1.54) is 44.9 Å². The lowest BCUT2D eigenvalue weighted by Crippen LogP contribution is -2.59. The molecular weight excluding hydrogens is 356 g/mol. The monoisotopic (exact) mass is 402 g/mol. The summed E-state index contributed by atoms with van der Waals surface area (Å²) in [4.78, 5) is 0. The standard InChI is InChI=1S/C26H46N2O/c1-16(27-6)21-17(29)14-24(5)19-9-8-18-22(2,3)20(28-7)10-11-25(18)15-26(19,25)13-12-23(21,24)4/h16-21,27-29H,8-15H2,1-7H3/t16?,17?,18?,19?,20?,21?,23-,24+,25-,26+/m1/s1. The fraction of sp³-hybridized carbons (Fsp3) is 1.00. The van der Waals surface area contributed by atoms with Crippen molar-refractivity contribution in [2.45, 2.75) is 104 Å². The van der Waals surface area contributed by atoms with Gasteiger partial charge in [0.15, 0.2) is 0 Å². The lowest BCUT2D eigenvalue weighted by molar-refractivity contribution is -0.144. The smallest absolute Gasteiger partial charge is 0.0594 e. The van der Waals surface area contributed by atoms with E-state index >= 15 is 0 Å². The number of hydrogen-bond acceptors (Lipinski definition) is 3. The van der Waals surface area contributed by atoms with Crippen molar-refractivity contribution >= 4 is 0 Å². The maximum Gasteiger partial charge on any atom is 0.0594 e. The van der Waals surface area contributed by atoms with Crippen molar-refractivity contribution in [1.29, 1.82) is 0 Å². The summed E-state index contributed by atoms with van der Waals surface area (Å²) in [6.45, 7) is 12.6. The first-order chi connectivity index (χ1) is 13.5. The lowest BCUT2D eigenvalue weighted by Gasteiger charge is -2.63. The van der Waals surface area contributed by atoms with Gasteiger partial charge in [0.1, 0.15) is 0 Å². The van der Waals surface area contributed by atoms with Crippen LogP contribution in [-0.4, -0.2) is 37.4 Å². The molecule has 0 amide bonds. The molecule has 3 N–H and O–H groups in total. The van der Waals surface area contributed by atoms with E-state index in [0.717, 1.165) is 18.3 Å². The molecule has 0 aliphatic heterocycles. The summed E-state index contributed by atoms with van der Waals surface area (Å²) in [5.41, 5.74) is 2.14. The van der Waals surface area contributed by atoms with E-state index in [2.05, 4.69) is 59.3 Å². The van der Waals surface area contributed by atoms with Crippen LogP contribution in [0.1, 0.15) is 86.0 Å². The lowest BCUT2D eigenvalue weighted by atomic mass is 9.42. The molecule has 0 aromatic carbocycles. The Kier molecular flexibility index (Phi) is 4.31. The third kappa shape index (κ3) is 2.16. The van der Waals surface area contributed by atoms with Crippen LogP contribution in [0.15, 0.2) is 0 Å². The molecule has 0 saturated heterocycles. The predicted octanol–water partition coefficient (Wildman–Crippen LogP) is 4.59. The van der Waals surface area contributed by atoms with Gasteiger partial charge >= 0.3 is 0 Å². The second-order valence-electron chi connectivity index (χ2n) is 13.1. The molecule has 5 aliphatic carbocycles. The molecular formula is C26H46N2O. The molecule has 3 heteroatoms. The van der Waals surface area contributed by atoms with Gasteiger partial charge in [-0.3, -0.25) is 0 Å². The first kappa shape index (κ1) is 20.8. The fourth-order valence-electron chi connectivity index (χ4n) is 11.1. The molecule has 0 aromatic rings. The van der Waals surface area contributed by atoms with E-state index in [1.807, 2.05) is 0 Å². The van der Waals surface area contributed by atoms with Gasteiger partial charge in [-0.2, -0.15) is 0 Å². The first-order valence-corrected chi connectivity index (χ1v) is 12.6. The van der Waals surface area contributed by atoms with Crippen molar-refractivity contribution < 1.29 is 5.11 Å². The van der Waals surface area contributed by atoms with Crippen molar-refractivity contribution in [3.63, 3.8) is 0 Å². The average molecular weight is 403 g/mol. The number of fused-ring (bicyclic) bond motifs is 2. The van der Waals surface area contributed by atoms with Crippen molar-refractivity contribution in [2.75, 3.05) is 14.1 Å². The number of aliphatic hydroxyl groups excluding tert-OH is 1. The minimum absolute atomic E-state index is 0.147. The van der Waals surface area contributed by atoms with Gasteiger partial charge in [-0.1, -0.05) is 27.7 Å². The van der Waals surface area contributed by atoms with E-state index in [1.54, 1.807) is 0 Å². The van der Waals surface area contributed by atoms with Crippen LogP contribution in [0.25, 0.3) is 0 Å². The highest BCUT2D eigenvalue weighted by Gasteiger charge is 2.82. The highest BCUT2D eigenvalue weighted by atomic mass is 16.3. The summed E-state index contributed by atoms with van der Waals surface area (Å²) in [5, 5.41) is 18.4. The molecule has 29 heavy (non-hydrogen) atoms. The van der Waals surface area contributed by atoms with Gasteiger partial charge in [0.2, 0.25) is 0 Å². The van der Waals surface area contributed by atoms with Gasteiger partial charge in [-0.05, 0) is 111 Å². The van der Waals surface area contributed by atoms with Crippen LogP contribution in [0.5, 0.6) is 0 Å². The third-order valence-corrected chi connectivity index (χ3v) is 12.5. The van der Waals surface area contributed by atoms with Crippen LogP contribution in [0, 0.1) is 44.8 Å². The zero-order chi connectivity index (χ0) is 21.0. The number of hydrogen-bond donors (Lipinski definition) is 3. The third-order valence-electron chi connectivity index (χ3n) is 12.5. The molecule has 0 bridgehead atoms. The Balaban J connectivity index is 1.52. The van der Waals surface area contributed by atoms with Gasteiger partial charge < -0.3 is 15.7 Å². The van der Waals surface area contributed by atoms with Crippen LogP contribution < -0.4 is 10.6 Å². The predicted molar refractivity (Wildman–Crippen MR) is 120 cm³/mol. The van der Waals surface area contributed by atoms with Crippen molar-refractivity contribution in [3.8, 4) is 0 Å². The Bertz CT molecular complexity index is 692. The molecule has 6 unspecified atom stereocenters. The summed E-state index contributed by atoms with van der Waals surface area (Å²) in [6, 6.07) is 1.06. The summed E-state index contributed by atoms with van der Waals surface area (Å²) >= 11 is 0. The maximum atomic E-state index is 11.3. The van der Waals surface area contributed by atoms with Gasteiger partial charge in [0, 0.05) is 18.0 Å². The van der Waals surface area contributed by atoms with E-state index < -0.39 is 0 Å². The number of nitrogens with one attached hydrogen (secondary N) is 2. The topological polar surface area (TPSA) is 44.3 Å². The van der Waals surface area contributed by atoms with Crippen LogP contribution in [0.2, 0.25) is 0 Å². The quantitative estimate of drug-likeness (QED) is 0.647. The fourth-order valence-corrected chi connectivity index (χ4v) is 11.1. The SMILES string of the molecule is CNC(C)C1C(O)C[C@@]2(C)C3CCC4C(C)(C)C(NC)CC[C@@]45C[C@@]35CC[C@]12C. The minimum atomic E-state index is -0.147. The van der Waals surface area contributed by atoms with Crippen LogP contribution in [0.4, 0.5) is 0 Å². The summed E-state index contributed by atoms with van der Waals surface area (Å²) in [5.74, 6) is 2.08. The van der Waals surface area contributed by atoms with Crippen molar-refractivity contribution in [1.82, 2.24) is 10.6 Å². The summed E-state index contributed by atoms with van der Waals surface area (Å²) in [6.07, 6.45) is 10.7. The van der Waals surface area contributed by atoms with Crippen molar-refractivity contribution in [3.05, 3.63) is 0 Å². The van der Waals surface area contributed by atoms with Crippen molar-refractivity contribution in [2.24, 2.45) is 44.8 Å². The molecule has 2 spiro atoms. The molecule has 0 aromatic heterocycles. The summed E-state index contributed by atoms with van der Waals surface area (Å²) < 4.78 is 0. The molecule has 10 atom stereocenters. The van der Waals surface area contributed by atoms with E-state index in [0.29, 0.717) is 39.7 Å². The average Bonchev–Trinajstić information content (AvgIpc) is 3.26. The zero-order valence-corrected chi connectivity index (χ0v) is 20.1. The Labute approximate surface area is 179 Å².